The third kappa shape index (κ3) is 4.25. The highest BCUT2D eigenvalue weighted by Crippen LogP contribution is 2.38. The van der Waals surface area contributed by atoms with Crippen molar-refractivity contribution in [3.8, 4) is 28.5 Å². The SMILES string of the molecule is CC(=O)Nc1ccc(-c2ncc3c(ccn3CC3CCCC3)c2-c2ccc(C#N)cc2)cc1. The van der Waals surface area contributed by atoms with Crippen LogP contribution in [0.4, 0.5) is 5.69 Å². The van der Waals surface area contributed by atoms with Gasteiger partial charge in [0.25, 0.3) is 0 Å². The molecule has 1 aliphatic carbocycles. The summed E-state index contributed by atoms with van der Waals surface area (Å²) in [6.45, 7) is 2.53. The maximum Gasteiger partial charge on any atom is 0.221 e. The lowest BCUT2D eigenvalue weighted by molar-refractivity contribution is -0.114. The third-order valence-corrected chi connectivity index (χ3v) is 6.54. The molecule has 2 heterocycles. The minimum absolute atomic E-state index is 0.0934. The van der Waals surface area contributed by atoms with E-state index in [1.165, 1.54) is 32.6 Å². The molecule has 0 aliphatic heterocycles. The minimum atomic E-state index is -0.0934. The molecule has 0 atom stereocenters. The summed E-state index contributed by atoms with van der Waals surface area (Å²) in [7, 11) is 0. The second kappa shape index (κ2) is 8.91. The second-order valence-corrected chi connectivity index (χ2v) is 8.85. The molecule has 5 nitrogen and oxygen atoms in total. The van der Waals surface area contributed by atoms with E-state index >= 15 is 0 Å². The number of rotatable bonds is 5. The summed E-state index contributed by atoms with van der Waals surface area (Å²) >= 11 is 0. The number of anilines is 1. The highest BCUT2D eigenvalue weighted by molar-refractivity contribution is 6.01. The second-order valence-electron chi connectivity index (χ2n) is 8.85. The first-order valence-corrected chi connectivity index (χ1v) is 11.5. The van der Waals surface area contributed by atoms with Gasteiger partial charge >= 0.3 is 0 Å². The molecule has 1 saturated carbocycles. The summed E-state index contributed by atoms with van der Waals surface area (Å²) in [5.41, 5.74) is 6.50. The van der Waals surface area contributed by atoms with Gasteiger partial charge in [0.2, 0.25) is 5.91 Å². The van der Waals surface area contributed by atoms with Crippen LogP contribution >= 0.6 is 0 Å². The highest BCUT2D eigenvalue weighted by Gasteiger charge is 2.19. The van der Waals surface area contributed by atoms with Crippen LogP contribution in [0.15, 0.2) is 67.0 Å². The Hall–Kier alpha value is -3.91. The molecule has 0 bridgehead atoms. The molecule has 1 fully saturated rings. The Morgan fingerprint density at radius 1 is 1.06 bits per heavy atom. The van der Waals surface area contributed by atoms with Gasteiger partial charge in [-0.3, -0.25) is 9.78 Å². The normalized spacial score (nSPS) is 13.8. The third-order valence-electron chi connectivity index (χ3n) is 6.54. The van der Waals surface area contributed by atoms with Crippen molar-refractivity contribution in [2.75, 3.05) is 5.32 Å². The van der Waals surface area contributed by atoms with Crippen LogP contribution < -0.4 is 5.32 Å². The van der Waals surface area contributed by atoms with Crippen LogP contribution in [0.3, 0.4) is 0 Å². The Morgan fingerprint density at radius 2 is 1.76 bits per heavy atom. The maximum absolute atomic E-state index is 11.4. The van der Waals surface area contributed by atoms with Gasteiger partial charge in [-0.15, -0.1) is 0 Å². The van der Waals surface area contributed by atoms with Gasteiger partial charge in [-0.2, -0.15) is 5.26 Å². The lowest BCUT2D eigenvalue weighted by Crippen LogP contribution is -2.06. The van der Waals surface area contributed by atoms with Crippen molar-refractivity contribution in [3.63, 3.8) is 0 Å². The molecule has 1 aliphatic rings. The monoisotopic (exact) mass is 434 g/mol. The zero-order chi connectivity index (χ0) is 22.8. The van der Waals surface area contributed by atoms with Crippen LogP contribution in [0.5, 0.6) is 0 Å². The maximum atomic E-state index is 11.4. The molecule has 2 aromatic heterocycles. The summed E-state index contributed by atoms with van der Waals surface area (Å²) in [5, 5.41) is 13.2. The first-order valence-electron chi connectivity index (χ1n) is 11.5. The molecule has 4 aromatic rings. The van der Waals surface area contributed by atoms with Crippen molar-refractivity contribution in [3.05, 3.63) is 72.6 Å². The van der Waals surface area contributed by atoms with Crippen molar-refractivity contribution in [1.29, 1.82) is 5.26 Å². The van der Waals surface area contributed by atoms with Crippen LogP contribution in [0.1, 0.15) is 38.2 Å². The van der Waals surface area contributed by atoms with Gasteiger partial charge in [0.05, 0.1) is 29.0 Å². The lowest BCUT2D eigenvalue weighted by atomic mass is 9.95. The fourth-order valence-electron chi connectivity index (χ4n) is 4.93. The summed E-state index contributed by atoms with van der Waals surface area (Å²) in [4.78, 5) is 16.3. The van der Waals surface area contributed by atoms with Gasteiger partial charge in [-0.1, -0.05) is 37.1 Å². The van der Waals surface area contributed by atoms with E-state index in [9.17, 15) is 10.1 Å². The zero-order valence-corrected chi connectivity index (χ0v) is 18.7. The van der Waals surface area contributed by atoms with Gasteiger partial charge in [0, 0.05) is 41.9 Å². The number of nitrogens with zero attached hydrogens (tertiary/aromatic N) is 3. The number of carbonyl (C=O) groups excluding carboxylic acids is 1. The number of nitriles is 1. The standard InChI is InChI=1S/C28H26N4O/c1-19(33)31-24-12-10-23(11-13-24)28-27(22-8-6-20(16-29)7-9-22)25-14-15-32(26(25)17-30-28)18-21-4-2-3-5-21/h6-15,17,21H,2-5,18H2,1H3,(H,31,33). The van der Waals surface area contributed by atoms with Crippen LogP contribution in [-0.4, -0.2) is 15.5 Å². The van der Waals surface area contributed by atoms with Crippen molar-refractivity contribution < 1.29 is 4.79 Å². The Bertz CT molecular complexity index is 1340. The van der Waals surface area contributed by atoms with E-state index in [4.69, 9.17) is 4.98 Å². The quantitative estimate of drug-likeness (QED) is 0.396. The molecule has 1 N–H and O–H groups in total. The molecular weight excluding hydrogens is 408 g/mol. The van der Waals surface area contributed by atoms with E-state index in [0.29, 0.717) is 5.56 Å². The Kier molecular flexibility index (Phi) is 5.66. The summed E-state index contributed by atoms with van der Waals surface area (Å²) < 4.78 is 2.34. The topological polar surface area (TPSA) is 70.7 Å². The summed E-state index contributed by atoms with van der Waals surface area (Å²) in [5.74, 6) is 0.643. The van der Waals surface area contributed by atoms with E-state index < -0.39 is 0 Å². The number of pyridine rings is 1. The smallest absolute Gasteiger partial charge is 0.221 e. The van der Waals surface area contributed by atoms with E-state index in [2.05, 4.69) is 28.2 Å². The van der Waals surface area contributed by atoms with Crippen molar-refractivity contribution in [2.24, 2.45) is 5.92 Å². The van der Waals surface area contributed by atoms with E-state index in [0.717, 1.165) is 51.4 Å². The molecule has 0 unspecified atom stereocenters. The largest absolute Gasteiger partial charge is 0.346 e. The van der Waals surface area contributed by atoms with Gasteiger partial charge in [0.1, 0.15) is 0 Å². The van der Waals surface area contributed by atoms with Crippen molar-refractivity contribution >= 4 is 22.5 Å². The Labute approximate surface area is 193 Å². The van der Waals surface area contributed by atoms with Crippen LogP contribution in [-0.2, 0) is 11.3 Å². The van der Waals surface area contributed by atoms with Gasteiger partial charge in [-0.05, 0) is 54.7 Å². The molecular formula is C28H26N4O. The predicted octanol–water partition coefficient (Wildman–Crippen LogP) is 6.39. The summed E-state index contributed by atoms with van der Waals surface area (Å²) in [6, 6.07) is 19.9. The van der Waals surface area contributed by atoms with Gasteiger partial charge in [0.15, 0.2) is 0 Å². The predicted molar refractivity (Wildman–Crippen MR) is 132 cm³/mol. The molecule has 33 heavy (non-hydrogen) atoms. The van der Waals surface area contributed by atoms with Gasteiger partial charge < -0.3 is 9.88 Å². The molecule has 5 heteroatoms. The Morgan fingerprint density at radius 3 is 2.42 bits per heavy atom. The van der Waals surface area contributed by atoms with Crippen LogP contribution in [0.25, 0.3) is 33.3 Å². The highest BCUT2D eigenvalue weighted by atomic mass is 16.1. The van der Waals surface area contributed by atoms with Crippen LogP contribution in [0, 0.1) is 17.2 Å². The number of nitrogens with one attached hydrogen (secondary N) is 1. The average Bonchev–Trinajstić information content (AvgIpc) is 3.49. The van der Waals surface area contributed by atoms with Gasteiger partial charge in [-0.25, -0.2) is 0 Å². The first kappa shape index (κ1) is 21.0. The van der Waals surface area contributed by atoms with E-state index in [1.54, 1.807) is 0 Å². The number of carbonyl (C=O) groups is 1. The minimum Gasteiger partial charge on any atom is -0.346 e. The molecule has 0 saturated heterocycles. The molecule has 2 aromatic carbocycles. The van der Waals surface area contributed by atoms with E-state index in [1.807, 2.05) is 54.7 Å². The van der Waals surface area contributed by atoms with Crippen molar-refractivity contribution in [2.45, 2.75) is 39.2 Å². The zero-order valence-electron chi connectivity index (χ0n) is 18.7. The number of amides is 1. The summed E-state index contributed by atoms with van der Waals surface area (Å²) in [6.07, 6.45) is 9.42. The van der Waals surface area contributed by atoms with E-state index in [-0.39, 0.29) is 5.91 Å². The average molecular weight is 435 g/mol. The number of aromatic nitrogens is 2. The number of fused-ring (bicyclic) bond motifs is 1. The molecule has 0 radical (unpaired) electrons. The number of hydrogen-bond donors (Lipinski definition) is 1. The number of hydrogen-bond acceptors (Lipinski definition) is 3. The fourth-order valence-corrected chi connectivity index (χ4v) is 4.93. The molecule has 5 rings (SSSR count). The molecule has 1 amide bonds. The van der Waals surface area contributed by atoms with Crippen molar-refractivity contribution in [1.82, 2.24) is 9.55 Å². The fraction of sp³-hybridized carbons (Fsp3) is 0.250. The molecule has 164 valence electrons. The van der Waals surface area contributed by atoms with Crippen LogP contribution in [0.2, 0.25) is 0 Å². The molecule has 0 spiro atoms. The Balaban J connectivity index is 1.63. The number of benzene rings is 2. The lowest BCUT2D eigenvalue weighted by Gasteiger charge is -2.15. The first-order chi connectivity index (χ1) is 16.1.